The van der Waals surface area contributed by atoms with Crippen molar-refractivity contribution >= 4 is 36.3 Å². The number of aliphatic carboxylic acids is 1. The molecule has 2 saturated heterocycles. The molecule has 3 amide bonds. The molecule has 0 radical (unpaired) electrons. The number of rotatable bonds is 7. The maximum Gasteiger partial charge on any atom is 0.327 e. The Hall–Kier alpha value is -1.81. The number of carbonyl (C=O) groups is 4. The second-order valence-corrected chi connectivity index (χ2v) is 7.02. The number of hydrogen-bond donors (Lipinski definition) is 5. The van der Waals surface area contributed by atoms with E-state index in [1.807, 2.05) is 0 Å². The average Bonchev–Trinajstić information content (AvgIpc) is 3.29. The second kappa shape index (κ2) is 9.22. The Labute approximate surface area is 157 Å². The van der Waals surface area contributed by atoms with E-state index in [4.69, 9.17) is 5.11 Å². The minimum Gasteiger partial charge on any atom is -0.480 e. The Morgan fingerprint density at radius 3 is 2.50 bits per heavy atom. The van der Waals surface area contributed by atoms with Crippen LogP contribution in [0.3, 0.4) is 0 Å². The topological polar surface area (TPSA) is 128 Å². The molecule has 0 saturated carbocycles. The first-order chi connectivity index (χ1) is 12.3. The van der Waals surface area contributed by atoms with Gasteiger partial charge >= 0.3 is 5.97 Å². The number of nitrogens with zero attached hydrogens (tertiary/aromatic N) is 1. The first-order valence-corrected chi connectivity index (χ1v) is 9.46. The van der Waals surface area contributed by atoms with Gasteiger partial charge in [-0.3, -0.25) is 14.4 Å². The summed E-state index contributed by atoms with van der Waals surface area (Å²) in [7, 11) is 0. The van der Waals surface area contributed by atoms with Gasteiger partial charge in [-0.2, -0.15) is 12.6 Å². The summed E-state index contributed by atoms with van der Waals surface area (Å²) in [5.41, 5.74) is 0. The maximum absolute atomic E-state index is 12.7. The van der Waals surface area contributed by atoms with Crippen LogP contribution in [-0.2, 0) is 19.2 Å². The van der Waals surface area contributed by atoms with Crippen molar-refractivity contribution in [1.82, 2.24) is 20.9 Å². The molecule has 0 aromatic heterocycles. The van der Waals surface area contributed by atoms with Gasteiger partial charge in [0.25, 0.3) is 0 Å². The first kappa shape index (κ1) is 20.5. The largest absolute Gasteiger partial charge is 0.480 e. The van der Waals surface area contributed by atoms with Crippen molar-refractivity contribution in [1.29, 1.82) is 0 Å². The highest BCUT2D eigenvalue weighted by molar-refractivity contribution is 7.80. The summed E-state index contributed by atoms with van der Waals surface area (Å²) in [4.78, 5) is 49.7. The van der Waals surface area contributed by atoms with Gasteiger partial charge in [-0.15, -0.1) is 0 Å². The van der Waals surface area contributed by atoms with E-state index in [0.717, 1.165) is 19.4 Å². The van der Waals surface area contributed by atoms with E-state index >= 15 is 0 Å². The van der Waals surface area contributed by atoms with Crippen LogP contribution in [-0.4, -0.2) is 76.7 Å². The molecule has 26 heavy (non-hydrogen) atoms. The standard InChI is InChI=1S/C16H26N4O5S/c1-9(18-13(21)10-4-2-6-17-10)15(23)20-7-3-5-12(20)14(22)19-11(8-26)16(24)25/h9-12,17,26H,2-8H2,1H3,(H,18,21)(H,19,22)(H,24,25). The van der Waals surface area contributed by atoms with Gasteiger partial charge in [-0.05, 0) is 39.2 Å². The Bertz CT molecular complexity index is 567. The third kappa shape index (κ3) is 4.88. The van der Waals surface area contributed by atoms with Gasteiger partial charge < -0.3 is 26.0 Å². The Morgan fingerprint density at radius 2 is 1.92 bits per heavy atom. The minimum absolute atomic E-state index is 0.0391. The van der Waals surface area contributed by atoms with E-state index in [-0.39, 0.29) is 23.6 Å². The van der Waals surface area contributed by atoms with Gasteiger partial charge in [-0.25, -0.2) is 4.79 Å². The van der Waals surface area contributed by atoms with Crippen LogP contribution in [0.2, 0.25) is 0 Å². The van der Waals surface area contributed by atoms with Gasteiger partial charge in [0.1, 0.15) is 18.1 Å². The smallest absolute Gasteiger partial charge is 0.327 e. The third-order valence-electron chi connectivity index (χ3n) is 4.74. The zero-order valence-corrected chi connectivity index (χ0v) is 15.6. The molecule has 10 heteroatoms. The quantitative estimate of drug-likeness (QED) is 0.347. The summed E-state index contributed by atoms with van der Waals surface area (Å²) < 4.78 is 0. The lowest BCUT2D eigenvalue weighted by Gasteiger charge is -2.28. The Balaban J connectivity index is 1.94. The van der Waals surface area contributed by atoms with Crippen LogP contribution in [0.1, 0.15) is 32.6 Å². The molecule has 9 nitrogen and oxygen atoms in total. The highest BCUT2D eigenvalue weighted by Gasteiger charge is 2.38. The predicted molar refractivity (Wildman–Crippen MR) is 96.8 cm³/mol. The lowest BCUT2D eigenvalue weighted by molar-refractivity contribution is -0.144. The third-order valence-corrected chi connectivity index (χ3v) is 5.11. The normalized spacial score (nSPS) is 24.8. The SMILES string of the molecule is CC(NC(=O)C1CCCN1)C(=O)N1CCCC1C(=O)NC(CS)C(=O)O. The maximum atomic E-state index is 12.7. The second-order valence-electron chi connectivity index (χ2n) is 6.65. The highest BCUT2D eigenvalue weighted by Crippen LogP contribution is 2.19. The number of carbonyl (C=O) groups excluding carboxylic acids is 3. The van der Waals surface area contributed by atoms with Gasteiger partial charge in [0.15, 0.2) is 0 Å². The number of nitrogens with one attached hydrogen (secondary N) is 3. The van der Waals surface area contributed by atoms with E-state index in [1.165, 1.54) is 4.90 Å². The van der Waals surface area contributed by atoms with Crippen LogP contribution >= 0.6 is 12.6 Å². The molecule has 0 aromatic carbocycles. The van der Waals surface area contributed by atoms with Crippen molar-refractivity contribution < 1.29 is 24.3 Å². The number of thiol groups is 1. The monoisotopic (exact) mass is 386 g/mol. The fourth-order valence-corrected chi connectivity index (χ4v) is 3.54. The molecule has 2 rings (SSSR count). The molecule has 4 N–H and O–H groups in total. The molecule has 2 heterocycles. The molecule has 0 bridgehead atoms. The van der Waals surface area contributed by atoms with E-state index in [2.05, 4.69) is 28.6 Å². The Kier molecular flexibility index (Phi) is 7.27. The van der Waals surface area contributed by atoms with E-state index in [9.17, 15) is 19.2 Å². The number of hydrogen-bond acceptors (Lipinski definition) is 6. The van der Waals surface area contributed by atoms with Crippen LogP contribution in [0.4, 0.5) is 0 Å². The molecule has 4 atom stereocenters. The van der Waals surface area contributed by atoms with Crippen molar-refractivity contribution in [3.05, 3.63) is 0 Å². The zero-order valence-electron chi connectivity index (χ0n) is 14.7. The molecule has 2 aliphatic heterocycles. The fourth-order valence-electron chi connectivity index (χ4n) is 3.29. The lowest BCUT2D eigenvalue weighted by Crippen LogP contribution is -2.56. The van der Waals surface area contributed by atoms with Gasteiger partial charge in [0, 0.05) is 12.3 Å². The van der Waals surface area contributed by atoms with Crippen molar-refractivity contribution in [3.8, 4) is 0 Å². The molecular formula is C16H26N4O5S. The Morgan fingerprint density at radius 1 is 1.19 bits per heavy atom. The lowest BCUT2D eigenvalue weighted by atomic mass is 10.1. The zero-order chi connectivity index (χ0) is 19.3. The molecule has 0 aliphatic carbocycles. The predicted octanol–water partition coefficient (Wildman–Crippen LogP) is -1.27. The molecule has 146 valence electrons. The summed E-state index contributed by atoms with van der Waals surface area (Å²) in [6.45, 7) is 2.78. The van der Waals surface area contributed by atoms with Crippen LogP contribution in [0.25, 0.3) is 0 Å². The highest BCUT2D eigenvalue weighted by atomic mass is 32.1. The van der Waals surface area contributed by atoms with Crippen LogP contribution in [0, 0.1) is 0 Å². The number of carboxylic acids is 1. The molecule has 0 aromatic rings. The number of carboxylic acid groups (broad SMARTS) is 1. The molecule has 2 aliphatic rings. The van der Waals surface area contributed by atoms with E-state index < -0.39 is 30.0 Å². The number of amides is 3. The minimum atomic E-state index is -1.17. The molecule has 2 fully saturated rings. The van der Waals surface area contributed by atoms with Crippen molar-refractivity contribution in [2.24, 2.45) is 0 Å². The summed E-state index contributed by atoms with van der Waals surface area (Å²) in [5, 5.41) is 17.2. The fraction of sp³-hybridized carbons (Fsp3) is 0.750. The van der Waals surface area contributed by atoms with Crippen LogP contribution in [0.5, 0.6) is 0 Å². The molecule has 4 unspecified atom stereocenters. The summed E-state index contributed by atoms with van der Waals surface area (Å²) in [5.74, 6) is -2.28. The van der Waals surface area contributed by atoms with Gasteiger partial charge in [0.05, 0.1) is 6.04 Å². The van der Waals surface area contributed by atoms with Gasteiger partial charge in [0.2, 0.25) is 17.7 Å². The van der Waals surface area contributed by atoms with Gasteiger partial charge in [-0.1, -0.05) is 0 Å². The summed E-state index contributed by atoms with van der Waals surface area (Å²) in [6, 6.07) is -2.87. The van der Waals surface area contributed by atoms with Crippen molar-refractivity contribution in [2.45, 2.75) is 56.8 Å². The van der Waals surface area contributed by atoms with Crippen LogP contribution in [0.15, 0.2) is 0 Å². The summed E-state index contributed by atoms with van der Waals surface area (Å²) >= 11 is 3.92. The molecule has 0 spiro atoms. The van der Waals surface area contributed by atoms with E-state index in [1.54, 1.807) is 6.92 Å². The van der Waals surface area contributed by atoms with E-state index in [0.29, 0.717) is 19.4 Å². The van der Waals surface area contributed by atoms with Crippen LogP contribution < -0.4 is 16.0 Å². The average molecular weight is 386 g/mol. The first-order valence-electron chi connectivity index (χ1n) is 8.83. The van der Waals surface area contributed by atoms with Crippen molar-refractivity contribution in [3.63, 3.8) is 0 Å². The summed E-state index contributed by atoms with van der Waals surface area (Å²) in [6.07, 6.45) is 2.76. The molecular weight excluding hydrogens is 360 g/mol. The number of likely N-dealkylation sites (tertiary alicyclic amines) is 1. The van der Waals surface area contributed by atoms with Crippen molar-refractivity contribution in [2.75, 3.05) is 18.8 Å².